The molecule has 3 atom stereocenters. The van der Waals surface area contributed by atoms with E-state index in [1.807, 2.05) is 27.2 Å². The SMILES string of the molecule is CC/C=C\C/C=C\C/C=C\C/C=C\CCCCCCC(=O)NC(COP(=O)(O)OCC[N+](C)(C)C)C(O)/C=C/CC/C=C/CCCCCCCCCCCCCCCCCCC. The average molecular weight is 890 g/mol. The lowest BCUT2D eigenvalue weighted by Gasteiger charge is -2.25. The van der Waals surface area contributed by atoms with Crippen LogP contribution in [0.1, 0.15) is 206 Å². The zero-order valence-electron chi connectivity index (χ0n) is 40.8. The van der Waals surface area contributed by atoms with Crippen molar-refractivity contribution in [2.24, 2.45) is 0 Å². The lowest BCUT2D eigenvalue weighted by atomic mass is 10.0. The zero-order valence-corrected chi connectivity index (χ0v) is 41.7. The van der Waals surface area contributed by atoms with Gasteiger partial charge < -0.3 is 19.8 Å². The van der Waals surface area contributed by atoms with Gasteiger partial charge in [-0.15, -0.1) is 0 Å². The van der Waals surface area contributed by atoms with Crippen molar-refractivity contribution in [3.63, 3.8) is 0 Å². The van der Waals surface area contributed by atoms with Crippen LogP contribution in [0.4, 0.5) is 0 Å². The second-order valence-electron chi connectivity index (χ2n) is 18.2. The summed E-state index contributed by atoms with van der Waals surface area (Å²) in [5, 5.41) is 13.8. The summed E-state index contributed by atoms with van der Waals surface area (Å²) >= 11 is 0. The Morgan fingerprint density at radius 2 is 0.984 bits per heavy atom. The molecular formula is C53H98N2O6P+. The number of hydrogen-bond acceptors (Lipinski definition) is 5. The maximum Gasteiger partial charge on any atom is 0.472 e. The van der Waals surface area contributed by atoms with E-state index in [1.165, 1.54) is 109 Å². The average Bonchev–Trinajstić information content (AvgIpc) is 3.23. The first-order valence-corrected chi connectivity index (χ1v) is 26.8. The second-order valence-corrected chi connectivity index (χ2v) is 19.6. The monoisotopic (exact) mass is 890 g/mol. The Bertz CT molecular complexity index is 1240. The van der Waals surface area contributed by atoms with E-state index in [9.17, 15) is 19.4 Å². The number of carbonyl (C=O) groups excluding carboxylic acids is 1. The highest BCUT2D eigenvalue weighted by atomic mass is 31.2. The summed E-state index contributed by atoms with van der Waals surface area (Å²) in [5.41, 5.74) is 0. The molecule has 0 aromatic carbocycles. The van der Waals surface area contributed by atoms with Gasteiger partial charge in [-0.1, -0.05) is 202 Å². The van der Waals surface area contributed by atoms with Crippen molar-refractivity contribution in [1.29, 1.82) is 0 Å². The first-order chi connectivity index (χ1) is 30.0. The van der Waals surface area contributed by atoms with Crippen molar-refractivity contribution in [2.75, 3.05) is 40.9 Å². The molecule has 62 heavy (non-hydrogen) atoms. The van der Waals surface area contributed by atoms with E-state index in [1.54, 1.807) is 6.08 Å². The standard InChI is InChI=1S/C53H97N2O6P/c1-6-8-10-12-14-16-18-20-22-24-25-26-27-28-29-31-32-34-36-38-40-42-44-46-52(56)51(50-61-62(58,59)60-49-48-55(3,4)5)54-53(57)47-45-43-41-39-37-35-33-30-23-21-19-17-15-13-11-9-7-2/h9,11,15,17,21,23,33,35-36,38,44,46,51-52,56H,6-8,10,12-14,16,18-20,22,24-32,34,37,39-43,45,47-50H2,1-5H3,(H-,54,57,58,59)/p+1/b11-9-,17-15-,23-21-,35-33-,38-36+,46-44+. The highest BCUT2D eigenvalue weighted by Gasteiger charge is 2.27. The molecule has 0 aliphatic rings. The normalized spacial score (nSPS) is 14.8. The maximum absolute atomic E-state index is 12.9. The smallest absolute Gasteiger partial charge is 0.387 e. The van der Waals surface area contributed by atoms with Crippen molar-refractivity contribution >= 4 is 13.7 Å². The minimum Gasteiger partial charge on any atom is -0.387 e. The minimum absolute atomic E-state index is 0.0477. The van der Waals surface area contributed by atoms with Gasteiger partial charge in [0.15, 0.2) is 0 Å². The first kappa shape index (κ1) is 59.9. The molecule has 9 heteroatoms. The number of aliphatic hydroxyl groups excluding tert-OH is 1. The Balaban J connectivity index is 4.40. The fraction of sp³-hybridized carbons (Fsp3) is 0.755. The number of hydrogen-bond donors (Lipinski definition) is 3. The number of likely N-dealkylation sites (N-methyl/N-ethyl adjacent to an activating group) is 1. The van der Waals surface area contributed by atoms with E-state index in [0.717, 1.165) is 77.0 Å². The van der Waals surface area contributed by atoms with Gasteiger partial charge in [-0.2, -0.15) is 0 Å². The fourth-order valence-electron chi connectivity index (χ4n) is 6.93. The summed E-state index contributed by atoms with van der Waals surface area (Å²) in [6.07, 6.45) is 59.9. The van der Waals surface area contributed by atoms with Crippen LogP contribution in [-0.2, 0) is 18.4 Å². The summed E-state index contributed by atoms with van der Waals surface area (Å²) in [4.78, 5) is 23.2. The van der Waals surface area contributed by atoms with Gasteiger partial charge in [0.2, 0.25) is 5.91 Å². The van der Waals surface area contributed by atoms with Gasteiger partial charge >= 0.3 is 7.82 Å². The van der Waals surface area contributed by atoms with Gasteiger partial charge in [-0.05, 0) is 70.6 Å². The molecule has 1 amide bonds. The molecule has 0 aromatic rings. The van der Waals surface area contributed by atoms with Crippen molar-refractivity contribution in [3.8, 4) is 0 Å². The number of amides is 1. The molecule has 0 saturated carbocycles. The van der Waals surface area contributed by atoms with Crippen LogP contribution in [0.5, 0.6) is 0 Å². The predicted octanol–water partition coefficient (Wildman–Crippen LogP) is 14.8. The van der Waals surface area contributed by atoms with Gasteiger partial charge in [-0.3, -0.25) is 13.8 Å². The summed E-state index contributed by atoms with van der Waals surface area (Å²) in [7, 11) is 1.53. The molecule has 0 bridgehead atoms. The van der Waals surface area contributed by atoms with Crippen LogP contribution >= 0.6 is 7.82 Å². The molecule has 0 aliphatic heterocycles. The fourth-order valence-corrected chi connectivity index (χ4v) is 7.67. The van der Waals surface area contributed by atoms with Crippen molar-refractivity contribution in [3.05, 3.63) is 72.9 Å². The number of quaternary nitrogens is 1. The van der Waals surface area contributed by atoms with Crippen LogP contribution in [0.15, 0.2) is 72.9 Å². The molecule has 0 aliphatic carbocycles. The van der Waals surface area contributed by atoms with Crippen LogP contribution in [0.25, 0.3) is 0 Å². The highest BCUT2D eigenvalue weighted by molar-refractivity contribution is 7.47. The van der Waals surface area contributed by atoms with Crippen molar-refractivity contribution in [1.82, 2.24) is 5.32 Å². The Kier molecular flexibility index (Phi) is 42.7. The number of unbranched alkanes of at least 4 members (excludes halogenated alkanes) is 22. The number of aliphatic hydroxyl groups is 1. The molecule has 0 saturated heterocycles. The zero-order chi connectivity index (χ0) is 45.7. The van der Waals surface area contributed by atoms with E-state index in [4.69, 9.17) is 9.05 Å². The largest absolute Gasteiger partial charge is 0.472 e. The Morgan fingerprint density at radius 1 is 0.565 bits per heavy atom. The van der Waals surface area contributed by atoms with Crippen molar-refractivity contribution in [2.45, 2.75) is 219 Å². The molecule has 3 unspecified atom stereocenters. The van der Waals surface area contributed by atoms with Gasteiger partial charge in [0, 0.05) is 6.42 Å². The van der Waals surface area contributed by atoms with Crippen LogP contribution < -0.4 is 5.32 Å². The van der Waals surface area contributed by atoms with E-state index in [0.29, 0.717) is 17.4 Å². The summed E-state index contributed by atoms with van der Waals surface area (Å²) in [6.45, 7) is 4.66. The Labute approximate surface area is 383 Å². The summed E-state index contributed by atoms with van der Waals surface area (Å²) in [5.74, 6) is -0.212. The number of nitrogens with one attached hydrogen (secondary N) is 1. The van der Waals surface area contributed by atoms with Crippen LogP contribution in [0.3, 0.4) is 0 Å². The predicted molar refractivity (Wildman–Crippen MR) is 267 cm³/mol. The Morgan fingerprint density at radius 3 is 1.48 bits per heavy atom. The van der Waals surface area contributed by atoms with Crippen LogP contribution in [0, 0.1) is 0 Å². The van der Waals surface area contributed by atoms with Crippen molar-refractivity contribution < 1.29 is 32.9 Å². The lowest BCUT2D eigenvalue weighted by Crippen LogP contribution is -2.45. The summed E-state index contributed by atoms with van der Waals surface area (Å²) < 4.78 is 23.6. The molecule has 0 fully saturated rings. The second kappa shape index (κ2) is 44.2. The third kappa shape index (κ3) is 45.9. The topological polar surface area (TPSA) is 105 Å². The number of rotatable bonds is 45. The Hall–Kier alpha value is -2.06. The lowest BCUT2D eigenvalue weighted by molar-refractivity contribution is -0.870. The third-order valence-corrected chi connectivity index (χ3v) is 11.9. The van der Waals surface area contributed by atoms with Crippen LogP contribution in [-0.4, -0.2) is 73.4 Å². The molecule has 0 radical (unpaired) electrons. The molecule has 3 N–H and O–H groups in total. The minimum atomic E-state index is -4.36. The number of nitrogens with zero attached hydrogens (tertiary/aromatic N) is 1. The van der Waals surface area contributed by atoms with E-state index in [2.05, 4.69) is 79.9 Å². The molecule has 0 spiro atoms. The van der Waals surface area contributed by atoms with Crippen LogP contribution in [0.2, 0.25) is 0 Å². The van der Waals surface area contributed by atoms with E-state index < -0.39 is 20.0 Å². The van der Waals surface area contributed by atoms with Gasteiger partial charge in [0.05, 0.1) is 39.9 Å². The quantitative estimate of drug-likeness (QED) is 0.0243. The molecule has 8 nitrogen and oxygen atoms in total. The summed E-state index contributed by atoms with van der Waals surface area (Å²) in [6, 6.07) is -0.880. The molecule has 360 valence electrons. The third-order valence-electron chi connectivity index (χ3n) is 10.9. The molecule has 0 aromatic heterocycles. The molecular weight excluding hydrogens is 792 g/mol. The number of phosphoric ester groups is 1. The molecule has 0 rings (SSSR count). The van der Waals surface area contributed by atoms with Gasteiger partial charge in [-0.25, -0.2) is 4.57 Å². The number of allylic oxidation sites excluding steroid dienone is 11. The molecule has 0 heterocycles. The van der Waals surface area contributed by atoms with E-state index >= 15 is 0 Å². The van der Waals surface area contributed by atoms with Gasteiger partial charge in [0.1, 0.15) is 13.2 Å². The first-order valence-electron chi connectivity index (χ1n) is 25.3. The maximum atomic E-state index is 12.9. The van der Waals surface area contributed by atoms with Gasteiger partial charge in [0.25, 0.3) is 0 Å². The number of carbonyl (C=O) groups is 1. The highest BCUT2D eigenvalue weighted by Crippen LogP contribution is 2.43. The number of phosphoric acid groups is 1. The van der Waals surface area contributed by atoms with E-state index in [-0.39, 0.29) is 19.1 Å².